The zero-order valence-corrected chi connectivity index (χ0v) is 21.2. The molecule has 0 spiro atoms. The Morgan fingerprint density at radius 3 is 2.08 bits per heavy atom. The maximum Gasteiger partial charge on any atom is 0.325 e. The van der Waals surface area contributed by atoms with Crippen molar-refractivity contribution in [1.82, 2.24) is 10.2 Å². The zero-order chi connectivity index (χ0) is 26.5. The first-order valence-electron chi connectivity index (χ1n) is 12.7. The van der Waals surface area contributed by atoms with Crippen LogP contribution in [0.3, 0.4) is 0 Å². The van der Waals surface area contributed by atoms with Crippen LogP contribution in [0.25, 0.3) is 0 Å². The number of para-hydroxylation sites is 2. The van der Waals surface area contributed by atoms with Gasteiger partial charge in [0, 0.05) is 48.7 Å². The molecule has 0 atom stereocenters. The number of urea groups is 1. The van der Waals surface area contributed by atoms with E-state index in [0.717, 1.165) is 28.3 Å². The van der Waals surface area contributed by atoms with Gasteiger partial charge >= 0.3 is 12.0 Å². The third-order valence-electron chi connectivity index (χ3n) is 6.71. The number of hydrogen-bond acceptors (Lipinski definition) is 6. The molecule has 0 unspecified atom stereocenters. The summed E-state index contributed by atoms with van der Waals surface area (Å²) < 4.78 is 10.9. The molecule has 2 N–H and O–H groups in total. The lowest BCUT2D eigenvalue weighted by Crippen LogP contribution is -2.50. The molecule has 2 aliphatic heterocycles. The van der Waals surface area contributed by atoms with Crippen LogP contribution in [0.15, 0.2) is 72.8 Å². The Kier molecular flexibility index (Phi) is 7.44. The van der Waals surface area contributed by atoms with Crippen molar-refractivity contribution < 1.29 is 23.9 Å². The molecule has 5 rings (SSSR count). The highest BCUT2D eigenvalue weighted by atomic mass is 16.5. The van der Waals surface area contributed by atoms with Crippen LogP contribution in [0.5, 0.6) is 11.5 Å². The highest BCUT2D eigenvalue weighted by Crippen LogP contribution is 2.44. The van der Waals surface area contributed by atoms with Crippen molar-refractivity contribution >= 4 is 29.3 Å². The standard InChI is InChI=1S/C29H30N4O5/c1-2-37-26(34)19-30-29(36)31-20-11-13-21(14-12-20)32-15-17-33(18-16-32)28(35)27-22-7-3-5-9-24(22)38-25-10-6-4-8-23(25)27/h3-14,27H,2,15-19H2,1H3,(H2,30,31,36). The van der Waals surface area contributed by atoms with E-state index in [1.165, 1.54) is 0 Å². The number of benzene rings is 3. The first-order valence-corrected chi connectivity index (χ1v) is 12.7. The van der Waals surface area contributed by atoms with E-state index in [2.05, 4.69) is 15.5 Å². The molecule has 38 heavy (non-hydrogen) atoms. The average molecular weight is 515 g/mol. The Morgan fingerprint density at radius 1 is 0.868 bits per heavy atom. The van der Waals surface area contributed by atoms with Gasteiger partial charge in [-0.1, -0.05) is 36.4 Å². The van der Waals surface area contributed by atoms with Gasteiger partial charge in [-0.05, 0) is 43.3 Å². The molecule has 0 saturated carbocycles. The number of amides is 3. The molecule has 196 valence electrons. The molecule has 9 heteroatoms. The summed E-state index contributed by atoms with van der Waals surface area (Å²) in [6.45, 7) is 4.40. The molecule has 0 aromatic heterocycles. The summed E-state index contributed by atoms with van der Waals surface area (Å²) in [5.74, 6) is 0.669. The molecule has 2 aliphatic rings. The Bertz CT molecular complexity index is 1270. The van der Waals surface area contributed by atoms with E-state index >= 15 is 0 Å². The summed E-state index contributed by atoms with van der Waals surface area (Å²) in [7, 11) is 0. The summed E-state index contributed by atoms with van der Waals surface area (Å²) in [5.41, 5.74) is 3.41. The molecule has 0 bridgehead atoms. The first-order chi connectivity index (χ1) is 18.5. The molecule has 3 aromatic rings. The van der Waals surface area contributed by atoms with Crippen LogP contribution in [-0.4, -0.2) is 62.1 Å². The highest BCUT2D eigenvalue weighted by molar-refractivity contribution is 5.92. The van der Waals surface area contributed by atoms with Crippen molar-refractivity contribution in [1.29, 1.82) is 0 Å². The van der Waals surface area contributed by atoms with Crippen LogP contribution in [0.1, 0.15) is 24.0 Å². The SMILES string of the molecule is CCOC(=O)CNC(=O)Nc1ccc(N2CCN(C(=O)C3c4ccccc4Oc4ccccc43)CC2)cc1. The Morgan fingerprint density at radius 2 is 1.47 bits per heavy atom. The number of carbonyl (C=O) groups excluding carboxylic acids is 3. The lowest BCUT2D eigenvalue weighted by molar-refractivity contribution is -0.141. The van der Waals surface area contributed by atoms with Gasteiger partial charge in [0.05, 0.1) is 12.5 Å². The molecular formula is C29H30N4O5. The number of carbonyl (C=O) groups is 3. The lowest BCUT2D eigenvalue weighted by atomic mass is 9.86. The summed E-state index contributed by atoms with van der Waals surface area (Å²) >= 11 is 0. The van der Waals surface area contributed by atoms with Crippen LogP contribution in [0.2, 0.25) is 0 Å². The van der Waals surface area contributed by atoms with E-state index in [4.69, 9.17) is 9.47 Å². The minimum atomic E-state index is -0.485. The Labute approximate surface area is 221 Å². The topological polar surface area (TPSA) is 100 Å². The molecule has 3 aromatic carbocycles. The van der Waals surface area contributed by atoms with Crippen LogP contribution in [0, 0.1) is 0 Å². The average Bonchev–Trinajstić information content (AvgIpc) is 2.95. The third kappa shape index (κ3) is 5.41. The number of nitrogens with zero attached hydrogens (tertiary/aromatic N) is 2. The van der Waals surface area contributed by atoms with Crippen molar-refractivity contribution in [3.05, 3.63) is 83.9 Å². The number of fused-ring (bicyclic) bond motifs is 2. The van der Waals surface area contributed by atoms with Crippen molar-refractivity contribution in [3.63, 3.8) is 0 Å². The summed E-state index contributed by atoms with van der Waals surface area (Å²) in [6, 6.07) is 22.5. The highest BCUT2D eigenvalue weighted by Gasteiger charge is 2.36. The molecule has 2 heterocycles. The van der Waals surface area contributed by atoms with E-state index < -0.39 is 12.0 Å². The van der Waals surface area contributed by atoms with Gasteiger partial charge in [-0.2, -0.15) is 0 Å². The fraction of sp³-hybridized carbons (Fsp3) is 0.276. The van der Waals surface area contributed by atoms with E-state index in [1.807, 2.05) is 77.7 Å². The maximum atomic E-state index is 13.8. The predicted octanol–water partition coefficient (Wildman–Crippen LogP) is 3.96. The van der Waals surface area contributed by atoms with Crippen molar-refractivity contribution in [2.45, 2.75) is 12.8 Å². The number of hydrogen-bond donors (Lipinski definition) is 2. The first kappa shape index (κ1) is 25.1. The fourth-order valence-corrected chi connectivity index (χ4v) is 4.84. The van der Waals surface area contributed by atoms with Gasteiger partial charge in [0.1, 0.15) is 18.0 Å². The van der Waals surface area contributed by atoms with Crippen LogP contribution >= 0.6 is 0 Å². The second-order valence-electron chi connectivity index (χ2n) is 9.08. The molecule has 9 nitrogen and oxygen atoms in total. The molecule has 3 amide bonds. The largest absolute Gasteiger partial charge is 0.465 e. The van der Waals surface area contributed by atoms with Gasteiger partial charge in [0.15, 0.2) is 0 Å². The van der Waals surface area contributed by atoms with E-state index in [0.29, 0.717) is 31.9 Å². The van der Waals surface area contributed by atoms with Gasteiger partial charge in [-0.15, -0.1) is 0 Å². The van der Waals surface area contributed by atoms with Crippen molar-refractivity contribution in [2.75, 3.05) is 49.5 Å². The number of esters is 1. The summed E-state index contributed by atoms with van der Waals surface area (Å²) in [6.07, 6.45) is 0. The van der Waals surface area contributed by atoms with Crippen molar-refractivity contribution in [3.8, 4) is 11.5 Å². The minimum absolute atomic E-state index is 0.0845. The maximum absolute atomic E-state index is 13.8. The van der Waals surface area contributed by atoms with Gasteiger partial charge in [-0.3, -0.25) is 9.59 Å². The number of rotatable bonds is 6. The van der Waals surface area contributed by atoms with E-state index in [-0.39, 0.29) is 25.0 Å². The molecule has 0 radical (unpaired) electrons. The van der Waals surface area contributed by atoms with Gasteiger partial charge in [-0.25, -0.2) is 4.79 Å². The smallest absolute Gasteiger partial charge is 0.325 e. The predicted molar refractivity (Wildman–Crippen MR) is 144 cm³/mol. The summed E-state index contributed by atoms with van der Waals surface area (Å²) in [4.78, 5) is 41.3. The fourth-order valence-electron chi connectivity index (χ4n) is 4.84. The van der Waals surface area contributed by atoms with Crippen LogP contribution < -0.4 is 20.3 Å². The quantitative estimate of drug-likeness (QED) is 0.483. The Hall–Kier alpha value is -4.53. The normalized spacial score (nSPS) is 14.6. The van der Waals surface area contributed by atoms with E-state index in [9.17, 15) is 14.4 Å². The minimum Gasteiger partial charge on any atom is -0.465 e. The second kappa shape index (κ2) is 11.2. The summed E-state index contributed by atoms with van der Waals surface area (Å²) in [5, 5.41) is 5.17. The van der Waals surface area contributed by atoms with Crippen molar-refractivity contribution in [2.24, 2.45) is 0 Å². The van der Waals surface area contributed by atoms with Gasteiger partial charge < -0.3 is 29.9 Å². The zero-order valence-electron chi connectivity index (χ0n) is 21.2. The number of nitrogens with one attached hydrogen (secondary N) is 2. The van der Waals surface area contributed by atoms with Gasteiger partial charge in [0.25, 0.3) is 0 Å². The lowest BCUT2D eigenvalue weighted by Gasteiger charge is -2.38. The third-order valence-corrected chi connectivity index (χ3v) is 6.71. The second-order valence-corrected chi connectivity index (χ2v) is 9.08. The number of piperazine rings is 1. The molecule has 1 saturated heterocycles. The molecule has 0 aliphatic carbocycles. The number of ether oxygens (including phenoxy) is 2. The Balaban J connectivity index is 1.19. The molecule has 1 fully saturated rings. The van der Waals surface area contributed by atoms with E-state index in [1.54, 1.807) is 6.92 Å². The van der Waals surface area contributed by atoms with Crippen LogP contribution in [-0.2, 0) is 14.3 Å². The van der Waals surface area contributed by atoms with Gasteiger partial charge in [0.2, 0.25) is 5.91 Å². The monoisotopic (exact) mass is 514 g/mol. The number of anilines is 2. The molecular weight excluding hydrogens is 484 g/mol. The van der Waals surface area contributed by atoms with Crippen LogP contribution in [0.4, 0.5) is 16.2 Å².